The number of carbonyl (C=O) groups excluding carboxylic acids is 1. The molecule has 3 N–H and O–H groups in total. The van der Waals surface area contributed by atoms with Crippen LogP contribution in [0.2, 0.25) is 0 Å². The van der Waals surface area contributed by atoms with E-state index in [1.54, 1.807) is 0 Å². The van der Waals surface area contributed by atoms with Gasteiger partial charge in [0, 0.05) is 18.2 Å². The lowest BCUT2D eigenvalue weighted by Gasteiger charge is -2.23. The Morgan fingerprint density at radius 1 is 1.25 bits per heavy atom. The highest BCUT2D eigenvalue weighted by atomic mass is 16.1. The summed E-state index contributed by atoms with van der Waals surface area (Å²) in [5.41, 5.74) is 8.26. The third-order valence-corrected chi connectivity index (χ3v) is 3.18. The highest BCUT2D eigenvalue weighted by Crippen LogP contribution is 2.24. The van der Waals surface area contributed by atoms with Crippen molar-refractivity contribution in [2.75, 3.05) is 5.32 Å². The molecule has 0 radical (unpaired) electrons. The molecular formula is C17H28N2O. The smallest absolute Gasteiger partial charge is 0.225 e. The topological polar surface area (TPSA) is 55.1 Å². The predicted octanol–water partition coefficient (Wildman–Crippen LogP) is 3.90. The highest BCUT2D eigenvalue weighted by molar-refractivity contribution is 5.92. The van der Waals surface area contributed by atoms with Crippen LogP contribution in [0.15, 0.2) is 24.3 Å². The first-order chi connectivity index (χ1) is 9.19. The summed E-state index contributed by atoms with van der Waals surface area (Å²) < 4.78 is 0. The zero-order valence-electron chi connectivity index (χ0n) is 13.4. The van der Waals surface area contributed by atoms with Crippen molar-refractivity contribution in [1.82, 2.24) is 0 Å². The lowest BCUT2D eigenvalue weighted by Crippen LogP contribution is -2.31. The van der Waals surface area contributed by atoms with E-state index in [0.29, 0.717) is 12.3 Å². The second kappa shape index (κ2) is 6.89. The molecule has 1 aromatic rings. The molecule has 1 unspecified atom stereocenters. The van der Waals surface area contributed by atoms with Crippen LogP contribution in [-0.4, -0.2) is 11.9 Å². The van der Waals surface area contributed by atoms with E-state index in [1.165, 1.54) is 0 Å². The van der Waals surface area contributed by atoms with Crippen LogP contribution in [0.3, 0.4) is 0 Å². The first kappa shape index (κ1) is 16.7. The summed E-state index contributed by atoms with van der Waals surface area (Å²) in [5, 5.41) is 2.99. The molecule has 3 nitrogen and oxygen atoms in total. The average Bonchev–Trinajstić information content (AvgIpc) is 2.26. The molecule has 0 aliphatic heterocycles. The zero-order chi connectivity index (χ0) is 15.3. The van der Waals surface area contributed by atoms with Gasteiger partial charge < -0.3 is 11.1 Å². The molecular weight excluding hydrogens is 248 g/mol. The van der Waals surface area contributed by atoms with Crippen molar-refractivity contribution >= 4 is 11.6 Å². The first-order valence-electron chi connectivity index (χ1n) is 7.33. The fraction of sp³-hybridized carbons (Fsp3) is 0.588. The van der Waals surface area contributed by atoms with Crippen LogP contribution in [0, 0.1) is 5.41 Å². The number of hydrogen-bond donors (Lipinski definition) is 2. The summed E-state index contributed by atoms with van der Waals surface area (Å²) in [7, 11) is 0. The van der Waals surface area contributed by atoms with Crippen LogP contribution in [0.4, 0.5) is 5.69 Å². The molecule has 1 amide bonds. The Balaban J connectivity index is 2.63. The minimum absolute atomic E-state index is 0.00477. The van der Waals surface area contributed by atoms with E-state index < -0.39 is 0 Å². The Morgan fingerprint density at radius 2 is 1.85 bits per heavy atom. The van der Waals surface area contributed by atoms with Gasteiger partial charge in [0.15, 0.2) is 0 Å². The van der Waals surface area contributed by atoms with Crippen LogP contribution >= 0.6 is 0 Å². The maximum Gasteiger partial charge on any atom is 0.225 e. The number of nitrogens with two attached hydrogens (primary N) is 1. The standard InChI is InChI=1S/C17H28N2O/c1-12(2)14-8-6-7-9-15(14)19-16(20)10-13(18)11-17(3,4)5/h6-9,12-13H,10-11,18H2,1-5H3,(H,19,20). The molecule has 1 aromatic carbocycles. The summed E-state index contributed by atoms with van der Waals surface area (Å²) >= 11 is 0. The molecule has 1 rings (SSSR count). The van der Waals surface area contributed by atoms with Gasteiger partial charge in [0.2, 0.25) is 5.91 Å². The van der Waals surface area contributed by atoms with Gasteiger partial charge in [-0.15, -0.1) is 0 Å². The number of anilines is 1. The fourth-order valence-electron chi connectivity index (χ4n) is 2.41. The number of benzene rings is 1. The van der Waals surface area contributed by atoms with Gasteiger partial charge in [0.25, 0.3) is 0 Å². The van der Waals surface area contributed by atoms with E-state index in [-0.39, 0.29) is 17.4 Å². The zero-order valence-corrected chi connectivity index (χ0v) is 13.4. The normalized spacial score (nSPS) is 13.3. The Hall–Kier alpha value is -1.35. The Bertz CT molecular complexity index is 447. The Kier molecular flexibility index (Phi) is 5.75. The van der Waals surface area contributed by atoms with E-state index in [9.17, 15) is 4.79 Å². The lowest BCUT2D eigenvalue weighted by atomic mass is 9.87. The molecule has 1 atom stereocenters. The Morgan fingerprint density at radius 3 is 2.40 bits per heavy atom. The quantitative estimate of drug-likeness (QED) is 0.857. The Labute approximate surface area is 122 Å². The van der Waals surface area contributed by atoms with Crippen LogP contribution in [-0.2, 0) is 4.79 Å². The van der Waals surface area contributed by atoms with Gasteiger partial charge in [-0.25, -0.2) is 0 Å². The van der Waals surface area contributed by atoms with E-state index >= 15 is 0 Å². The molecule has 112 valence electrons. The molecule has 0 aromatic heterocycles. The number of hydrogen-bond acceptors (Lipinski definition) is 2. The van der Waals surface area contributed by atoms with Crippen molar-refractivity contribution in [3.05, 3.63) is 29.8 Å². The summed E-state index contributed by atoms with van der Waals surface area (Å²) in [6, 6.07) is 7.84. The predicted molar refractivity (Wildman–Crippen MR) is 85.8 cm³/mol. The molecule has 0 saturated carbocycles. The van der Waals surface area contributed by atoms with Gasteiger partial charge >= 0.3 is 0 Å². The van der Waals surface area contributed by atoms with Crippen molar-refractivity contribution in [3.63, 3.8) is 0 Å². The third kappa shape index (κ3) is 5.74. The average molecular weight is 276 g/mol. The molecule has 0 aliphatic carbocycles. The van der Waals surface area contributed by atoms with E-state index in [1.807, 2.05) is 18.2 Å². The van der Waals surface area contributed by atoms with Crippen LogP contribution in [0.5, 0.6) is 0 Å². The van der Waals surface area contributed by atoms with Gasteiger partial charge in [0.05, 0.1) is 0 Å². The SMILES string of the molecule is CC(C)c1ccccc1NC(=O)CC(N)CC(C)(C)C. The second-order valence-corrected chi connectivity index (χ2v) is 7.02. The molecule has 0 fully saturated rings. The fourth-order valence-corrected chi connectivity index (χ4v) is 2.41. The first-order valence-corrected chi connectivity index (χ1v) is 7.33. The van der Waals surface area contributed by atoms with Gasteiger partial charge in [-0.3, -0.25) is 4.79 Å². The molecule has 0 spiro atoms. The second-order valence-electron chi connectivity index (χ2n) is 7.02. The molecule has 3 heteroatoms. The number of amides is 1. The number of para-hydroxylation sites is 1. The monoisotopic (exact) mass is 276 g/mol. The largest absolute Gasteiger partial charge is 0.327 e. The van der Waals surface area contributed by atoms with Crippen molar-refractivity contribution < 1.29 is 4.79 Å². The van der Waals surface area contributed by atoms with Crippen molar-refractivity contribution in [3.8, 4) is 0 Å². The summed E-state index contributed by atoms with van der Waals surface area (Å²) in [4.78, 5) is 12.1. The maximum absolute atomic E-state index is 12.1. The summed E-state index contributed by atoms with van der Waals surface area (Å²) in [6.07, 6.45) is 1.20. The van der Waals surface area contributed by atoms with Gasteiger partial charge in [0.1, 0.15) is 0 Å². The summed E-state index contributed by atoms with van der Waals surface area (Å²) in [5.74, 6) is 0.379. The molecule has 20 heavy (non-hydrogen) atoms. The van der Waals surface area contributed by atoms with Crippen molar-refractivity contribution in [2.45, 2.75) is 59.4 Å². The minimum Gasteiger partial charge on any atom is -0.327 e. The third-order valence-electron chi connectivity index (χ3n) is 3.18. The van der Waals surface area contributed by atoms with Crippen LogP contribution < -0.4 is 11.1 Å². The van der Waals surface area contributed by atoms with Gasteiger partial charge in [-0.1, -0.05) is 52.8 Å². The highest BCUT2D eigenvalue weighted by Gasteiger charge is 2.18. The molecule has 0 bridgehead atoms. The van der Waals surface area contributed by atoms with Gasteiger partial charge in [-0.2, -0.15) is 0 Å². The molecule has 0 saturated heterocycles. The number of carbonyl (C=O) groups is 1. The van der Waals surface area contributed by atoms with E-state index in [2.05, 4.69) is 46.0 Å². The lowest BCUT2D eigenvalue weighted by molar-refractivity contribution is -0.116. The minimum atomic E-state index is -0.0961. The van der Waals surface area contributed by atoms with Crippen molar-refractivity contribution in [1.29, 1.82) is 0 Å². The number of rotatable bonds is 5. The maximum atomic E-state index is 12.1. The van der Waals surface area contributed by atoms with E-state index in [0.717, 1.165) is 17.7 Å². The van der Waals surface area contributed by atoms with Crippen LogP contribution in [0.25, 0.3) is 0 Å². The van der Waals surface area contributed by atoms with Crippen molar-refractivity contribution in [2.24, 2.45) is 11.1 Å². The number of nitrogens with one attached hydrogen (secondary N) is 1. The molecule has 0 aliphatic rings. The van der Waals surface area contributed by atoms with Gasteiger partial charge in [-0.05, 0) is 29.4 Å². The molecule has 0 heterocycles. The summed E-state index contributed by atoms with van der Waals surface area (Å²) in [6.45, 7) is 10.7. The van der Waals surface area contributed by atoms with E-state index in [4.69, 9.17) is 5.73 Å². The van der Waals surface area contributed by atoms with Crippen LogP contribution in [0.1, 0.15) is 58.9 Å².